The first-order valence-electron chi connectivity index (χ1n) is 12.5. The van der Waals surface area contributed by atoms with Crippen molar-refractivity contribution in [2.45, 2.75) is 62.9 Å². The second-order valence-corrected chi connectivity index (χ2v) is 10.1. The minimum Gasteiger partial charge on any atom is -1.00 e. The van der Waals surface area contributed by atoms with Gasteiger partial charge in [0.15, 0.2) is 12.1 Å². The van der Waals surface area contributed by atoms with Gasteiger partial charge in [-0.2, -0.15) is 0 Å². The van der Waals surface area contributed by atoms with Gasteiger partial charge in [0.1, 0.15) is 0 Å². The average molecular weight is 540 g/mol. The van der Waals surface area contributed by atoms with Gasteiger partial charge in [-0.05, 0) is 18.4 Å². The van der Waals surface area contributed by atoms with Crippen molar-refractivity contribution in [3.8, 4) is 0 Å². The molecule has 9 heteroatoms. The van der Waals surface area contributed by atoms with Crippen LogP contribution in [0.2, 0.25) is 0 Å². The summed E-state index contributed by atoms with van der Waals surface area (Å²) >= 11 is 0. The van der Waals surface area contributed by atoms with Gasteiger partial charge in [-0.1, -0.05) is 49.6 Å². The molecule has 4 rings (SSSR count). The maximum atomic E-state index is 13.6. The topological polar surface area (TPSA) is 99.7 Å². The van der Waals surface area contributed by atoms with E-state index in [0.717, 1.165) is 58.2 Å². The van der Waals surface area contributed by atoms with Crippen LogP contribution < -0.4 is 32.9 Å². The molecule has 190 valence electrons. The highest BCUT2D eigenvalue weighted by Gasteiger charge is 2.51. The van der Waals surface area contributed by atoms with Crippen LogP contribution in [0.4, 0.5) is 0 Å². The predicted octanol–water partition coefficient (Wildman–Crippen LogP) is -1.80. The average Bonchev–Trinajstić information content (AvgIpc) is 3.19. The van der Waals surface area contributed by atoms with E-state index in [0.29, 0.717) is 23.0 Å². The number of benzene rings is 1. The lowest BCUT2D eigenvalue weighted by Crippen LogP contribution is -3.00. The molecule has 4 atom stereocenters. The number of carbonyl (C=O) groups excluding carboxylic acids is 2. The molecule has 2 saturated heterocycles. The Morgan fingerprint density at radius 2 is 1.85 bits per heavy atom. The Morgan fingerprint density at radius 1 is 1.12 bits per heavy atom. The molecule has 2 aliphatic heterocycles. The molecule has 0 radical (unpaired) electrons. The molecule has 0 bridgehead atoms. The number of hydrogen-bond acceptors (Lipinski definition) is 6. The van der Waals surface area contributed by atoms with Crippen LogP contribution in [0, 0.1) is 5.92 Å². The number of nitrogens with zero attached hydrogens (tertiary/aromatic N) is 1. The van der Waals surface area contributed by atoms with Gasteiger partial charge in [0.2, 0.25) is 6.23 Å². The van der Waals surface area contributed by atoms with Crippen molar-refractivity contribution in [1.82, 2.24) is 16.0 Å². The van der Waals surface area contributed by atoms with E-state index in [1.165, 1.54) is 0 Å². The number of carbonyl (C=O) groups is 2. The third-order valence-electron chi connectivity index (χ3n) is 7.66. The number of quaternary nitrogens is 1. The van der Waals surface area contributed by atoms with Gasteiger partial charge in [-0.25, -0.2) is 4.79 Å². The zero-order valence-corrected chi connectivity index (χ0v) is 21.7. The molecule has 0 spiro atoms. The molecule has 8 nitrogen and oxygen atoms in total. The first kappa shape index (κ1) is 27.1. The minimum absolute atomic E-state index is 0. The van der Waals surface area contributed by atoms with Crippen molar-refractivity contribution in [1.29, 1.82) is 0 Å². The lowest BCUT2D eigenvalue weighted by atomic mass is 9.73. The molecular weight excluding hydrogens is 500 g/mol. The van der Waals surface area contributed by atoms with Crippen LogP contribution in [0.3, 0.4) is 0 Å². The van der Waals surface area contributed by atoms with Crippen molar-refractivity contribution in [2.75, 3.05) is 39.8 Å². The van der Waals surface area contributed by atoms with Gasteiger partial charge in [0, 0.05) is 38.4 Å². The normalized spacial score (nSPS) is 29.5. The number of ether oxygens (including phenoxy) is 1. The highest BCUT2D eigenvalue weighted by atomic mass is 79.9. The maximum absolute atomic E-state index is 13.6. The first-order chi connectivity index (χ1) is 15.9. The molecule has 1 aliphatic carbocycles. The number of likely N-dealkylation sites (tertiary alicyclic amines) is 1. The lowest BCUT2D eigenvalue weighted by molar-refractivity contribution is -0.932. The SMILES string of the molecule is C[N+]1(CC(=O)NC2CNCCN2)CCCC1OC(=O)C(O)(c1ccccc1)C1CCCCC1.[Br-]. The van der Waals surface area contributed by atoms with Gasteiger partial charge in [-0.15, -0.1) is 0 Å². The van der Waals surface area contributed by atoms with Crippen molar-refractivity contribution >= 4 is 11.9 Å². The molecule has 1 amide bonds. The Morgan fingerprint density at radius 3 is 2.53 bits per heavy atom. The molecule has 3 aliphatic rings. The van der Waals surface area contributed by atoms with Gasteiger partial charge in [0.05, 0.1) is 19.8 Å². The highest BCUT2D eigenvalue weighted by molar-refractivity contribution is 5.82. The van der Waals surface area contributed by atoms with E-state index in [1.54, 1.807) is 0 Å². The van der Waals surface area contributed by atoms with Crippen LogP contribution >= 0.6 is 0 Å². The van der Waals surface area contributed by atoms with E-state index >= 15 is 0 Å². The maximum Gasteiger partial charge on any atom is 0.347 e. The number of hydrogen-bond donors (Lipinski definition) is 4. The summed E-state index contributed by atoms with van der Waals surface area (Å²) in [6, 6.07) is 9.22. The first-order valence-corrected chi connectivity index (χ1v) is 12.5. The molecule has 3 fully saturated rings. The number of aliphatic hydroxyl groups is 1. The van der Waals surface area contributed by atoms with Crippen LogP contribution in [0.25, 0.3) is 0 Å². The molecule has 34 heavy (non-hydrogen) atoms. The van der Waals surface area contributed by atoms with Crippen LogP contribution in [-0.2, 0) is 19.9 Å². The Hall–Kier alpha value is -1.52. The summed E-state index contributed by atoms with van der Waals surface area (Å²) in [7, 11) is 1.97. The second-order valence-electron chi connectivity index (χ2n) is 10.1. The standard InChI is InChI=1S/C25H38N4O4.BrH/c1-29(18-22(30)28-21-17-26-14-15-27-21)16-8-13-23(29)33-24(31)25(32,19-9-4-2-5-10-19)20-11-6-3-7-12-20;/h2,4-5,9-10,20-21,23,26-27,32H,3,6-8,11-18H2,1H3;1H. The lowest BCUT2D eigenvalue weighted by Gasteiger charge is -2.40. The van der Waals surface area contributed by atoms with Crippen LogP contribution in [0.1, 0.15) is 50.5 Å². The van der Waals surface area contributed by atoms with Crippen LogP contribution in [-0.4, -0.2) is 73.6 Å². The Labute approximate surface area is 213 Å². The van der Waals surface area contributed by atoms with E-state index in [-0.39, 0.29) is 41.5 Å². The fourth-order valence-corrected chi connectivity index (χ4v) is 5.72. The Balaban J connectivity index is 0.00000324. The third-order valence-corrected chi connectivity index (χ3v) is 7.66. The zero-order valence-electron chi connectivity index (χ0n) is 20.1. The number of amides is 1. The summed E-state index contributed by atoms with van der Waals surface area (Å²) in [4.78, 5) is 26.4. The Bertz CT molecular complexity index is 816. The zero-order chi connectivity index (χ0) is 23.3. The second kappa shape index (κ2) is 11.9. The van der Waals surface area contributed by atoms with Gasteiger partial charge in [0.25, 0.3) is 5.91 Å². The summed E-state index contributed by atoms with van der Waals surface area (Å²) in [6.45, 7) is 3.40. The van der Waals surface area contributed by atoms with Crippen molar-refractivity contribution in [3.05, 3.63) is 35.9 Å². The summed E-state index contributed by atoms with van der Waals surface area (Å²) in [6.07, 6.45) is 5.80. The summed E-state index contributed by atoms with van der Waals surface area (Å²) in [5.74, 6) is -0.794. The Kier molecular flexibility index (Phi) is 9.51. The fourth-order valence-electron chi connectivity index (χ4n) is 5.72. The third kappa shape index (κ3) is 5.99. The number of piperazine rings is 1. The molecule has 1 saturated carbocycles. The number of esters is 1. The van der Waals surface area contributed by atoms with Crippen molar-refractivity contribution in [2.24, 2.45) is 5.92 Å². The fraction of sp³-hybridized carbons (Fsp3) is 0.680. The van der Waals surface area contributed by atoms with Gasteiger partial charge in [-0.3, -0.25) is 14.6 Å². The predicted molar refractivity (Wildman–Crippen MR) is 125 cm³/mol. The molecule has 4 unspecified atom stereocenters. The number of halogens is 1. The van der Waals surface area contributed by atoms with Gasteiger partial charge < -0.3 is 37.5 Å². The quantitative estimate of drug-likeness (QED) is 0.241. The van der Waals surface area contributed by atoms with Crippen molar-refractivity contribution in [3.63, 3.8) is 0 Å². The number of nitrogens with one attached hydrogen (secondary N) is 3. The summed E-state index contributed by atoms with van der Waals surface area (Å²) in [5.41, 5.74) is -1.06. The van der Waals surface area contributed by atoms with E-state index in [1.807, 2.05) is 37.4 Å². The molecule has 2 heterocycles. The minimum atomic E-state index is -1.66. The largest absolute Gasteiger partial charge is 1.00 e. The smallest absolute Gasteiger partial charge is 0.347 e. The molecular formula is C25H39BrN4O4. The molecule has 4 N–H and O–H groups in total. The highest BCUT2D eigenvalue weighted by Crippen LogP contribution is 2.41. The van der Waals surface area contributed by atoms with E-state index in [9.17, 15) is 14.7 Å². The van der Waals surface area contributed by atoms with E-state index in [4.69, 9.17) is 4.74 Å². The number of rotatable bonds is 7. The molecule has 0 aromatic heterocycles. The number of likely N-dealkylation sites (N-methyl/N-ethyl adjacent to an activating group) is 1. The van der Waals surface area contributed by atoms with Crippen LogP contribution in [0.5, 0.6) is 0 Å². The van der Waals surface area contributed by atoms with E-state index in [2.05, 4.69) is 16.0 Å². The van der Waals surface area contributed by atoms with E-state index < -0.39 is 17.8 Å². The van der Waals surface area contributed by atoms with Gasteiger partial charge >= 0.3 is 5.97 Å². The van der Waals surface area contributed by atoms with Crippen molar-refractivity contribution < 1.29 is 40.9 Å². The monoisotopic (exact) mass is 538 g/mol. The molecule has 1 aromatic carbocycles. The molecule has 1 aromatic rings. The van der Waals surface area contributed by atoms with Crippen LogP contribution in [0.15, 0.2) is 30.3 Å². The summed E-state index contributed by atoms with van der Waals surface area (Å²) in [5, 5.41) is 21.4. The summed E-state index contributed by atoms with van der Waals surface area (Å²) < 4.78 is 6.41.